The number of hydrogen-bond acceptors (Lipinski definition) is 5. The van der Waals surface area contributed by atoms with E-state index >= 15 is 0 Å². The maximum absolute atomic E-state index is 12.8. The number of nitrogens with zero attached hydrogens (tertiary/aromatic N) is 1. The Labute approximate surface area is 101 Å². The summed E-state index contributed by atoms with van der Waals surface area (Å²) >= 11 is 0. The molecule has 0 saturated heterocycles. The fraction of sp³-hybridized carbons (Fsp3) is 0.200. The van der Waals surface area contributed by atoms with Crippen LogP contribution in [-0.4, -0.2) is 29.4 Å². The van der Waals surface area contributed by atoms with Crippen LogP contribution < -0.4 is 10.9 Å². The molecule has 8 heteroatoms. The largest absolute Gasteiger partial charge is 0.459 e. The van der Waals surface area contributed by atoms with E-state index in [0.717, 1.165) is 18.5 Å². The summed E-state index contributed by atoms with van der Waals surface area (Å²) in [4.78, 5) is 36.8. The molecule has 0 radical (unpaired) electrons. The van der Waals surface area contributed by atoms with Crippen LogP contribution in [0.5, 0.6) is 0 Å². The van der Waals surface area contributed by atoms with Crippen LogP contribution in [0.4, 0.5) is 4.39 Å². The fourth-order valence-electron chi connectivity index (χ4n) is 0.969. The first-order valence-corrected chi connectivity index (χ1v) is 4.92. The zero-order valence-electron chi connectivity index (χ0n) is 9.40. The van der Waals surface area contributed by atoms with Gasteiger partial charge in [-0.05, 0) is 13.0 Å². The van der Waals surface area contributed by atoms with E-state index in [4.69, 9.17) is 0 Å². The summed E-state index contributed by atoms with van der Waals surface area (Å²) in [7, 11) is 0. The number of aromatic nitrogens is 1. The standard InChI is InChI=1S/C10H10FN3O4/c1-2-18-10(17)9(16)14-13-8(15)6-3-7(11)5-12-4-6/h3-5H,2H2,1H3,(H,13,15)(H,14,16). The van der Waals surface area contributed by atoms with Gasteiger partial charge in [0.15, 0.2) is 0 Å². The second kappa shape index (κ2) is 6.28. The minimum atomic E-state index is -1.13. The van der Waals surface area contributed by atoms with Gasteiger partial charge in [0.2, 0.25) is 0 Å². The van der Waals surface area contributed by atoms with Gasteiger partial charge in [-0.15, -0.1) is 0 Å². The Morgan fingerprint density at radius 3 is 2.67 bits per heavy atom. The second-order valence-corrected chi connectivity index (χ2v) is 3.02. The number of halogens is 1. The Hall–Kier alpha value is -2.51. The van der Waals surface area contributed by atoms with Crippen molar-refractivity contribution in [2.75, 3.05) is 6.61 Å². The summed E-state index contributed by atoms with van der Waals surface area (Å²) in [6, 6.07) is 0.929. The van der Waals surface area contributed by atoms with Crippen molar-refractivity contribution in [1.82, 2.24) is 15.8 Å². The van der Waals surface area contributed by atoms with Crippen LogP contribution in [0.15, 0.2) is 18.5 Å². The van der Waals surface area contributed by atoms with Gasteiger partial charge in [-0.1, -0.05) is 0 Å². The van der Waals surface area contributed by atoms with Crippen molar-refractivity contribution in [3.05, 3.63) is 29.8 Å². The highest BCUT2D eigenvalue weighted by molar-refractivity contribution is 6.32. The molecule has 0 aliphatic heterocycles. The van der Waals surface area contributed by atoms with Gasteiger partial charge in [-0.25, -0.2) is 9.18 Å². The summed E-state index contributed by atoms with van der Waals surface area (Å²) in [6.45, 7) is 1.57. The highest BCUT2D eigenvalue weighted by Crippen LogP contribution is 1.99. The molecule has 0 bridgehead atoms. The van der Waals surface area contributed by atoms with Crippen LogP contribution >= 0.6 is 0 Å². The third-order valence-corrected chi connectivity index (χ3v) is 1.72. The van der Waals surface area contributed by atoms with E-state index in [-0.39, 0.29) is 12.2 Å². The summed E-state index contributed by atoms with van der Waals surface area (Å²) in [5.41, 5.74) is 3.64. The molecule has 0 aliphatic rings. The molecule has 1 heterocycles. The van der Waals surface area contributed by atoms with E-state index in [1.54, 1.807) is 0 Å². The van der Waals surface area contributed by atoms with Gasteiger partial charge in [0, 0.05) is 6.20 Å². The Morgan fingerprint density at radius 1 is 1.33 bits per heavy atom. The number of carbonyl (C=O) groups is 3. The molecule has 96 valence electrons. The lowest BCUT2D eigenvalue weighted by Gasteiger charge is -2.06. The molecule has 0 aliphatic carbocycles. The van der Waals surface area contributed by atoms with Crippen LogP contribution in [0, 0.1) is 5.82 Å². The summed E-state index contributed by atoms with van der Waals surface area (Å²) in [6.07, 6.45) is 2.03. The average molecular weight is 255 g/mol. The first-order chi connectivity index (χ1) is 8.54. The highest BCUT2D eigenvalue weighted by atomic mass is 19.1. The minimum absolute atomic E-state index is 0.0357. The number of nitrogens with one attached hydrogen (secondary N) is 2. The van der Waals surface area contributed by atoms with E-state index in [0.29, 0.717) is 0 Å². The van der Waals surface area contributed by atoms with Gasteiger partial charge in [-0.2, -0.15) is 0 Å². The molecule has 2 N–H and O–H groups in total. The molecule has 0 fully saturated rings. The number of hydrogen-bond donors (Lipinski definition) is 2. The summed E-state index contributed by atoms with van der Waals surface area (Å²) in [5, 5.41) is 0. The quantitative estimate of drug-likeness (QED) is 0.423. The van der Waals surface area contributed by atoms with E-state index in [9.17, 15) is 18.8 Å². The van der Waals surface area contributed by atoms with Gasteiger partial charge in [0.05, 0.1) is 18.4 Å². The van der Waals surface area contributed by atoms with E-state index in [2.05, 4.69) is 9.72 Å². The Kier molecular flexibility index (Phi) is 4.73. The molecule has 1 aromatic heterocycles. The normalized spacial score (nSPS) is 9.44. The van der Waals surface area contributed by atoms with E-state index in [1.165, 1.54) is 6.92 Å². The van der Waals surface area contributed by atoms with Crippen LogP contribution in [-0.2, 0) is 14.3 Å². The zero-order chi connectivity index (χ0) is 13.5. The third kappa shape index (κ3) is 3.81. The lowest BCUT2D eigenvalue weighted by Crippen LogP contribution is -2.45. The molecule has 0 aromatic carbocycles. The number of esters is 1. The molecule has 1 rings (SSSR count). The number of amides is 2. The van der Waals surface area contributed by atoms with Crippen molar-refractivity contribution in [1.29, 1.82) is 0 Å². The predicted octanol–water partition coefficient (Wildman–Crippen LogP) is -0.455. The number of rotatable bonds is 2. The van der Waals surface area contributed by atoms with Gasteiger partial charge >= 0.3 is 11.9 Å². The van der Waals surface area contributed by atoms with Crippen LogP contribution in [0.3, 0.4) is 0 Å². The summed E-state index contributed by atoms with van der Waals surface area (Å²) in [5.74, 6) is -3.76. The number of pyridine rings is 1. The third-order valence-electron chi connectivity index (χ3n) is 1.72. The molecule has 0 atom stereocenters. The molecular formula is C10H10FN3O4. The van der Waals surface area contributed by atoms with Gasteiger partial charge in [0.25, 0.3) is 5.91 Å². The van der Waals surface area contributed by atoms with Crippen LogP contribution in [0.1, 0.15) is 17.3 Å². The van der Waals surface area contributed by atoms with Crippen molar-refractivity contribution in [2.24, 2.45) is 0 Å². The molecule has 2 amide bonds. The maximum atomic E-state index is 12.8. The number of ether oxygens (including phenoxy) is 1. The topological polar surface area (TPSA) is 97.4 Å². The van der Waals surface area contributed by atoms with Gasteiger partial charge in [0.1, 0.15) is 5.82 Å². The molecular weight excluding hydrogens is 245 g/mol. The second-order valence-electron chi connectivity index (χ2n) is 3.02. The predicted molar refractivity (Wildman–Crippen MR) is 56.4 cm³/mol. The molecule has 18 heavy (non-hydrogen) atoms. The number of hydrazine groups is 1. The summed E-state index contributed by atoms with van der Waals surface area (Å²) < 4.78 is 17.1. The molecule has 1 aromatic rings. The molecule has 7 nitrogen and oxygen atoms in total. The van der Waals surface area contributed by atoms with E-state index < -0.39 is 23.6 Å². The molecule has 0 unspecified atom stereocenters. The Bertz CT molecular complexity index is 478. The number of carbonyl (C=O) groups excluding carboxylic acids is 3. The SMILES string of the molecule is CCOC(=O)C(=O)NNC(=O)c1cncc(F)c1. The van der Waals surface area contributed by atoms with Crippen molar-refractivity contribution in [3.8, 4) is 0 Å². The van der Waals surface area contributed by atoms with Crippen LogP contribution in [0.2, 0.25) is 0 Å². The lowest BCUT2D eigenvalue weighted by molar-refractivity contribution is -0.154. The van der Waals surface area contributed by atoms with Crippen molar-refractivity contribution in [2.45, 2.75) is 6.92 Å². The average Bonchev–Trinajstić information content (AvgIpc) is 2.35. The first kappa shape index (κ1) is 13.6. The van der Waals surface area contributed by atoms with E-state index in [1.807, 2.05) is 10.9 Å². The zero-order valence-corrected chi connectivity index (χ0v) is 9.40. The lowest BCUT2D eigenvalue weighted by atomic mass is 10.3. The van der Waals surface area contributed by atoms with Crippen molar-refractivity contribution in [3.63, 3.8) is 0 Å². The van der Waals surface area contributed by atoms with Crippen molar-refractivity contribution < 1.29 is 23.5 Å². The van der Waals surface area contributed by atoms with Gasteiger partial charge in [-0.3, -0.25) is 25.4 Å². The highest BCUT2D eigenvalue weighted by Gasteiger charge is 2.15. The smallest absolute Gasteiger partial charge is 0.398 e. The Balaban J connectivity index is 2.51. The molecule has 0 saturated carbocycles. The minimum Gasteiger partial charge on any atom is -0.459 e. The van der Waals surface area contributed by atoms with Gasteiger partial charge < -0.3 is 4.74 Å². The monoisotopic (exact) mass is 255 g/mol. The fourth-order valence-corrected chi connectivity index (χ4v) is 0.969. The maximum Gasteiger partial charge on any atom is 0.398 e. The first-order valence-electron chi connectivity index (χ1n) is 4.92. The molecule has 0 spiro atoms. The Morgan fingerprint density at radius 2 is 2.06 bits per heavy atom. The van der Waals surface area contributed by atoms with Crippen molar-refractivity contribution >= 4 is 17.8 Å². The van der Waals surface area contributed by atoms with Crippen LogP contribution in [0.25, 0.3) is 0 Å².